The zero-order chi connectivity index (χ0) is 22.1. The number of hydrogen-bond acceptors (Lipinski definition) is 4. The fourth-order valence-corrected chi connectivity index (χ4v) is 4.49. The molecule has 3 aromatic carbocycles. The van der Waals surface area contributed by atoms with Crippen molar-refractivity contribution in [3.63, 3.8) is 0 Å². The molecule has 4 N–H and O–H groups in total. The molecule has 162 valence electrons. The Hall–Kier alpha value is -3.61. The number of aliphatic hydroxyl groups excluding tert-OH is 2. The van der Waals surface area contributed by atoms with E-state index in [-0.39, 0.29) is 19.1 Å². The molecule has 0 radical (unpaired) electrons. The first-order valence-electron chi connectivity index (χ1n) is 10.6. The lowest BCUT2D eigenvalue weighted by Crippen LogP contribution is -2.36. The van der Waals surface area contributed by atoms with E-state index in [1.165, 1.54) is 0 Å². The van der Waals surface area contributed by atoms with Crippen molar-refractivity contribution in [2.24, 2.45) is 0 Å². The Morgan fingerprint density at radius 3 is 2.28 bits per heavy atom. The van der Waals surface area contributed by atoms with Crippen LogP contribution < -0.4 is 5.32 Å². The van der Waals surface area contributed by atoms with Crippen LogP contribution in [0.15, 0.2) is 79.0 Å². The van der Waals surface area contributed by atoms with Gasteiger partial charge in [0.15, 0.2) is 0 Å². The smallest absolute Gasteiger partial charge is 0.407 e. The van der Waals surface area contributed by atoms with E-state index in [2.05, 4.69) is 34.6 Å². The van der Waals surface area contributed by atoms with Crippen molar-refractivity contribution in [1.29, 1.82) is 0 Å². The summed E-state index contributed by atoms with van der Waals surface area (Å²) >= 11 is 0. The van der Waals surface area contributed by atoms with Gasteiger partial charge >= 0.3 is 6.09 Å². The molecule has 6 nitrogen and oxygen atoms in total. The van der Waals surface area contributed by atoms with Crippen LogP contribution in [0.2, 0.25) is 0 Å². The van der Waals surface area contributed by atoms with Crippen molar-refractivity contribution >= 4 is 17.0 Å². The molecule has 1 aromatic heterocycles. The van der Waals surface area contributed by atoms with Gasteiger partial charge < -0.3 is 25.3 Å². The van der Waals surface area contributed by atoms with Gasteiger partial charge in [0.25, 0.3) is 0 Å². The quantitative estimate of drug-likeness (QED) is 0.372. The number of nitrogens with one attached hydrogen (secondary N) is 2. The molecule has 4 aromatic rings. The Bertz CT molecular complexity index is 1220. The van der Waals surface area contributed by atoms with E-state index in [1.807, 2.05) is 48.5 Å². The number of amides is 1. The summed E-state index contributed by atoms with van der Waals surface area (Å²) in [5.74, 6) is -0.0325. The van der Waals surface area contributed by atoms with Crippen LogP contribution in [0.5, 0.6) is 0 Å². The largest absolute Gasteiger partial charge is 0.449 e. The van der Waals surface area contributed by atoms with Crippen LogP contribution >= 0.6 is 0 Å². The summed E-state index contributed by atoms with van der Waals surface area (Å²) in [6, 6.07) is 23.8. The standard InChI is InChI=1S/C26H24N2O4/c29-24(25(30)21-13-27-23-12-6-5-11-20(21)23)14-28-26(31)32-15-22-18-9-3-1-7-16(18)17-8-2-4-10-19(17)22/h1-13,22,24-25,27,29-30H,14-15H2,(H,28,31). The molecule has 0 bridgehead atoms. The van der Waals surface area contributed by atoms with Crippen molar-refractivity contribution in [3.8, 4) is 11.1 Å². The van der Waals surface area contributed by atoms with Gasteiger partial charge in [-0.3, -0.25) is 0 Å². The predicted molar refractivity (Wildman–Crippen MR) is 122 cm³/mol. The lowest BCUT2D eigenvalue weighted by Gasteiger charge is -2.19. The van der Waals surface area contributed by atoms with E-state index in [4.69, 9.17) is 4.74 Å². The average molecular weight is 428 g/mol. The highest BCUT2D eigenvalue weighted by molar-refractivity contribution is 5.83. The second kappa shape index (κ2) is 8.49. The third kappa shape index (κ3) is 3.64. The highest BCUT2D eigenvalue weighted by Crippen LogP contribution is 2.44. The Morgan fingerprint density at radius 2 is 1.56 bits per heavy atom. The fraction of sp³-hybridized carbons (Fsp3) is 0.192. The summed E-state index contributed by atoms with van der Waals surface area (Å²) in [5, 5.41) is 24.3. The van der Waals surface area contributed by atoms with Crippen LogP contribution in [0, 0.1) is 0 Å². The number of fused-ring (bicyclic) bond motifs is 4. The van der Waals surface area contributed by atoms with E-state index in [9.17, 15) is 15.0 Å². The molecule has 0 aliphatic heterocycles. The van der Waals surface area contributed by atoms with E-state index < -0.39 is 18.3 Å². The lowest BCUT2D eigenvalue weighted by molar-refractivity contribution is 0.0194. The van der Waals surface area contributed by atoms with Crippen LogP contribution in [-0.4, -0.2) is 40.5 Å². The molecule has 1 aliphatic carbocycles. The third-order valence-corrected chi connectivity index (χ3v) is 6.10. The van der Waals surface area contributed by atoms with Crippen molar-refractivity contribution < 1.29 is 19.7 Å². The summed E-state index contributed by atoms with van der Waals surface area (Å²) in [4.78, 5) is 15.4. The van der Waals surface area contributed by atoms with Crippen molar-refractivity contribution in [2.45, 2.75) is 18.1 Å². The van der Waals surface area contributed by atoms with Crippen LogP contribution in [-0.2, 0) is 4.74 Å². The SMILES string of the molecule is O=C(NCC(O)C(O)c1c[nH]c2ccccc12)OCC1c2ccccc2-c2ccccc21. The molecule has 0 fully saturated rings. The number of aromatic nitrogens is 1. The number of carbonyl (C=O) groups is 1. The molecule has 0 saturated heterocycles. The van der Waals surface area contributed by atoms with Crippen LogP contribution in [0.25, 0.3) is 22.0 Å². The number of para-hydroxylation sites is 1. The fourth-order valence-electron chi connectivity index (χ4n) is 4.49. The average Bonchev–Trinajstić information content (AvgIpc) is 3.40. The van der Waals surface area contributed by atoms with Crippen LogP contribution in [0.3, 0.4) is 0 Å². The van der Waals surface area contributed by atoms with Gasteiger partial charge in [-0.2, -0.15) is 0 Å². The molecule has 0 saturated carbocycles. The van der Waals surface area contributed by atoms with Gasteiger partial charge in [0.05, 0.1) is 0 Å². The van der Waals surface area contributed by atoms with Crippen LogP contribution in [0.4, 0.5) is 4.79 Å². The summed E-state index contributed by atoms with van der Waals surface area (Å²) in [6.45, 7) is 0.0678. The maximum atomic E-state index is 12.3. The van der Waals surface area contributed by atoms with Gasteiger partial charge in [0, 0.05) is 35.1 Å². The van der Waals surface area contributed by atoms with Crippen molar-refractivity contribution in [1.82, 2.24) is 10.3 Å². The minimum Gasteiger partial charge on any atom is -0.449 e. The maximum Gasteiger partial charge on any atom is 0.407 e. The van der Waals surface area contributed by atoms with Gasteiger partial charge in [-0.15, -0.1) is 0 Å². The molecule has 5 rings (SSSR count). The molecular formula is C26H24N2O4. The number of hydrogen-bond donors (Lipinski definition) is 4. The number of aliphatic hydroxyl groups is 2. The monoisotopic (exact) mass is 428 g/mol. The molecule has 1 heterocycles. The topological polar surface area (TPSA) is 94.6 Å². The van der Waals surface area contributed by atoms with Crippen molar-refractivity contribution in [2.75, 3.05) is 13.2 Å². The predicted octanol–water partition coefficient (Wildman–Crippen LogP) is 4.10. The number of carbonyl (C=O) groups excluding carboxylic acids is 1. The number of alkyl carbamates (subject to hydrolysis) is 1. The Balaban J connectivity index is 1.20. The van der Waals surface area contributed by atoms with Gasteiger partial charge in [-0.05, 0) is 28.3 Å². The molecule has 6 heteroatoms. The minimum atomic E-state index is -1.17. The highest BCUT2D eigenvalue weighted by atomic mass is 16.5. The van der Waals surface area contributed by atoms with E-state index in [0.29, 0.717) is 5.56 Å². The summed E-state index contributed by atoms with van der Waals surface area (Å²) in [5.41, 5.74) is 6.05. The first-order valence-corrected chi connectivity index (χ1v) is 10.6. The first kappa shape index (κ1) is 20.3. The molecule has 2 atom stereocenters. The number of aromatic amines is 1. The molecule has 1 amide bonds. The number of ether oxygens (including phenoxy) is 1. The van der Waals surface area contributed by atoms with E-state index in [1.54, 1.807) is 6.20 Å². The Morgan fingerprint density at radius 1 is 0.938 bits per heavy atom. The van der Waals surface area contributed by atoms with Gasteiger partial charge in [-0.25, -0.2) is 4.79 Å². The summed E-state index contributed by atoms with van der Waals surface area (Å²) in [6.07, 6.45) is -1.27. The van der Waals surface area contributed by atoms with Crippen molar-refractivity contribution in [3.05, 3.63) is 95.7 Å². The Kier molecular flexibility index (Phi) is 5.39. The first-order chi connectivity index (χ1) is 15.6. The lowest BCUT2D eigenvalue weighted by atomic mass is 9.98. The highest BCUT2D eigenvalue weighted by Gasteiger charge is 2.29. The molecule has 32 heavy (non-hydrogen) atoms. The summed E-state index contributed by atoms with van der Waals surface area (Å²) < 4.78 is 5.48. The van der Waals surface area contributed by atoms with E-state index in [0.717, 1.165) is 33.2 Å². The zero-order valence-electron chi connectivity index (χ0n) is 17.4. The summed E-state index contributed by atoms with van der Waals surface area (Å²) in [7, 11) is 0. The molecule has 0 spiro atoms. The molecule has 2 unspecified atom stereocenters. The zero-order valence-corrected chi connectivity index (χ0v) is 17.4. The maximum absolute atomic E-state index is 12.3. The molecule has 1 aliphatic rings. The van der Waals surface area contributed by atoms with E-state index >= 15 is 0 Å². The van der Waals surface area contributed by atoms with Gasteiger partial charge in [0.2, 0.25) is 0 Å². The number of benzene rings is 3. The van der Waals surface area contributed by atoms with Gasteiger partial charge in [-0.1, -0.05) is 66.7 Å². The third-order valence-electron chi connectivity index (χ3n) is 6.10. The number of rotatable bonds is 6. The Labute approximate surface area is 185 Å². The minimum absolute atomic E-state index is 0.0325. The second-order valence-corrected chi connectivity index (χ2v) is 8.01. The normalized spacial score (nSPS) is 14.6. The molecular weight excluding hydrogens is 404 g/mol. The number of H-pyrrole nitrogens is 1. The second-order valence-electron chi connectivity index (χ2n) is 8.01. The van der Waals surface area contributed by atoms with Gasteiger partial charge in [0.1, 0.15) is 18.8 Å². The van der Waals surface area contributed by atoms with Crippen LogP contribution in [0.1, 0.15) is 28.7 Å².